The van der Waals surface area contributed by atoms with Gasteiger partial charge in [-0.2, -0.15) is 0 Å². The Morgan fingerprint density at radius 1 is 1.09 bits per heavy atom. The van der Waals surface area contributed by atoms with Crippen LogP contribution in [-0.2, 0) is 17.6 Å². The van der Waals surface area contributed by atoms with Crippen LogP contribution in [0.2, 0.25) is 0 Å². The van der Waals surface area contributed by atoms with E-state index < -0.39 is 0 Å². The molecule has 168 valence electrons. The molecule has 0 bridgehead atoms. The highest BCUT2D eigenvalue weighted by atomic mass is 16.3. The van der Waals surface area contributed by atoms with Crippen molar-refractivity contribution in [3.05, 3.63) is 59.2 Å². The lowest BCUT2D eigenvalue weighted by Gasteiger charge is -2.51. The van der Waals surface area contributed by atoms with Crippen molar-refractivity contribution < 1.29 is 19.8 Å². The lowest BCUT2D eigenvalue weighted by Crippen LogP contribution is -2.61. The molecule has 0 aromatic heterocycles. The summed E-state index contributed by atoms with van der Waals surface area (Å²) in [6.07, 6.45) is 3.70. The quantitative estimate of drug-likeness (QED) is 0.647. The van der Waals surface area contributed by atoms with Crippen molar-refractivity contribution in [1.82, 2.24) is 15.1 Å². The molecule has 7 nitrogen and oxygen atoms in total. The van der Waals surface area contributed by atoms with Gasteiger partial charge in [0, 0.05) is 25.7 Å². The first-order valence-electron chi connectivity index (χ1n) is 11.5. The lowest BCUT2D eigenvalue weighted by atomic mass is 9.76. The minimum absolute atomic E-state index is 0.103. The average molecular weight is 436 g/mol. The fourth-order valence-corrected chi connectivity index (χ4v) is 5.64. The van der Waals surface area contributed by atoms with Crippen LogP contribution in [0.25, 0.3) is 0 Å². The van der Waals surface area contributed by atoms with Gasteiger partial charge in [-0.05, 0) is 60.9 Å². The minimum atomic E-state index is -0.184. The van der Waals surface area contributed by atoms with Crippen LogP contribution in [0.3, 0.4) is 0 Å². The molecule has 3 heterocycles. The molecule has 3 aliphatic rings. The van der Waals surface area contributed by atoms with Gasteiger partial charge in [-0.3, -0.25) is 4.79 Å². The van der Waals surface area contributed by atoms with Gasteiger partial charge in [-0.1, -0.05) is 30.3 Å². The summed E-state index contributed by atoms with van der Waals surface area (Å²) in [6, 6.07) is 12.8. The van der Waals surface area contributed by atoms with E-state index in [1.165, 1.54) is 5.56 Å². The Hall–Kier alpha value is -3.22. The van der Waals surface area contributed by atoms with E-state index in [-0.39, 0.29) is 41.4 Å². The largest absolute Gasteiger partial charge is 0.504 e. The number of amides is 3. The Kier molecular flexibility index (Phi) is 5.41. The number of carbonyl (C=O) groups is 2. The molecule has 3 aliphatic heterocycles. The van der Waals surface area contributed by atoms with Gasteiger partial charge in [0.15, 0.2) is 11.5 Å². The Balaban J connectivity index is 1.33. The number of hydrogen-bond acceptors (Lipinski definition) is 4. The Labute approximate surface area is 187 Å². The van der Waals surface area contributed by atoms with E-state index in [1.807, 2.05) is 40.1 Å². The third kappa shape index (κ3) is 3.66. The molecule has 3 amide bonds. The van der Waals surface area contributed by atoms with Crippen molar-refractivity contribution in [3.63, 3.8) is 0 Å². The summed E-state index contributed by atoms with van der Waals surface area (Å²) in [5.74, 6) is -0.369. The molecule has 7 heteroatoms. The van der Waals surface area contributed by atoms with Crippen molar-refractivity contribution >= 4 is 11.9 Å². The number of likely N-dealkylation sites (tertiary alicyclic amines) is 1. The van der Waals surface area contributed by atoms with Gasteiger partial charge in [-0.25, -0.2) is 4.79 Å². The van der Waals surface area contributed by atoms with Gasteiger partial charge in [0.05, 0.1) is 12.0 Å². The van der Waals surface area contributed by atoms with Gasteiger partial charge in [0.2, 0.25) is 5.91 Å². The zero-order valence-corrected chi connectivity index (χ0v) is 18.0. The van der Waals surface area contributed by atoms with Crippen molar-refractivity contribution in [2.75, 3.05) is 19.6 Å². The van der Waals surface area contributed by atoms with Crippen LogP contribution in [0.5, 0.6) is 11.5 Å². The molecule has 0 spiro atoms. The summed E-state index contributed by atoms with van der Waals surface area (Å²) in [7, 11) is 0. The number of carbonyl (C=O) groups excluding carboxylic acids is 2. The standard InChI is InChI=1S/C25H29N3O4/c29-22-13-17-9-12-27-21(19(17)14-23(22)30)15-20-18(24(27)31)7-4-11-28(20)25(32)26-10-8-16-5-2-1-3-6-16/h1-3,5-6,13-14,18,20-21,29-30H,4,7-12,15H2,(H,26,32)/t18-,20-,21-/m1/s1. The van der Waals surface area contributed by atoms with E-state index in [1.54, 1.807) is 12.1 Å². The van der Waals surface area contributed by atoms with Crippen molar-refractivity contribution in [2.24, 2.45) is 5.92 Å². The molecule has 32 heavy (non-hydrogen) atoms. The van der Waals surface area contributed by atoms with E-state index in [9.17, 15) is 19.8 Å². The molecule has 0 unspecified atom stereocenters. The molecular formula is C25H29N3O4. The summed E-state index contributed by atoms with van der Waals surface area (Å²) >= 11 is 0. The predicted octanol–water partition coefficient (Wildman–Crippen LogP) is 2.96. The monoisotopic (exact) mass is 435 g/mol. The zero-order valence-electron chi connectivity index (χ0n) is 18.0. The van der Waals surface area contributed by atoms with Gasteiger partial charge in [-0.15, -0.1) is 0 Å². The van der Waals surface area contributed by atoms with Crippen molar-refractivity contribution in [3.8, 4) is 11.5 Å². The molecule has 2 fully saturated rings. The number of nitrogens with one attached hydrogen (secondary N) is 1. The molecule has 0 saturated carbocycles. The van der Waals surface area contributed by atoms with Crippen LogP contribution in [0.15, 0.2) is 42.5 Å². The lowest BCUT2D eigenvalue weighted by molar-refractivity contribution is -0.148. The third-order valence-corrected chi connectivity index (χ3v) is 7.23. The summed E-state index contributed by atoms with van der Waals surface area (Å²) in [6.45, 7) is 1.80. The van der Waals surface area contributed by atoms with Crippen molar-refractivity contribution in [2.45, 2.75) is 44.2 Å². The second-order valence-electron chi connectivity index (χ2n) is 9.05. The van der Waals surface area contributed by atoms with E-state index in [0.29, 0.717) is 32.5 Å². The maximum absolute atomic E-state index is 13.4. The molecule has 2 aromatic rings. The number of rotatable bonds is 3. The Morgan fingerprint density at radius 3 is 2.69 bits per heavy atom. The molecule has 0 radical (unpaired) electrons. The Morgan fingerprint density at radius 2 is 1.88 bits per heavy atom. The zero-order chi connectivity index (χ0) is 22.2. The first-order chi connectivity index (χ1) is 15.5. The number of hydrogen-bond donors (Lipinski definition) is 3. The summed E-state index contributed by atoms with van der Waals surface area (Å²) in [5, 5.41) is 23.0. The first kappa shape index (κ1) is 20.7. The van der Waals surface area contributed by atoms with Crippen LogP contribution < -0.4 is 5.32 Å². The van der Waals surface area contributed by atoms with Crippen LogP contribution in [0.1, 0.15) is 42.0 Å². The normalized spacial score (nSPS) is 24.4. The number of urea groups is 1. The highest BCUT2D eigenvalue weighted by Crippen LogP contribution is 2.45. The summed E-state index contributed by atoms with van der Waals surface area (Å²) in [4.78, 5) is 30.2. The topological polar surface area (TPSA) is 93.1 Å². The smallest absolute Gasteiger partial charge is 0.317 e. The molecule has 2 saturated heterocycles. The van der Waals surface area contributed by atoms with Crippen LogP contribution >= 0.6 is 0 Å². The average Bonchev–Trinajstić information content (AvgIpc) is 2.80. The molecule has 0 aliphatic carbocycles. The van der Waals surface area contributed by atoms with Crippen molar-refractivity contribution in [1.29, 1.82) is 0 Å². The number of phenolic OH excluding ortho intramolecular Hbond substituents is 2. The van der Waals surface area contributed by atoms with Crippen LogP contribution in [0, 0.1) is 5.92 Å². The van der Waals surface area contributed by atoms with E-state index in [0.717, 1.165) is 30.4 Å². The molecule has 3 atom stereocenters. The summed E-state index contributed by atoms with van der Waals surface area (Å²) in [5.41, 5.74) is 3.02. The number of nitrogens with zero attached hydrogens (tertiary/aromatic N) is 2. The highest BCUT2D eigenvalue weighted by Gasteiger charge is 2.48. The van der Waals surface area contributed by atoms with E-state index in [4.69, 9.17) is 0 Å². The number of phenols is 2. The number of benzene rings is 2. The fourth-order valence-electron chi connectivity index (χ4n) is 5.64. The SMILES string of the molecule is O=C1[C@@H]2CCCN(C(=O)NCCc3ccccc3)[C@@H]2C[C@@H]2c3cc(O)c(O)cc3CCN12. The Bertz CT molecular complexity index is 1030. The van der Waals surface area contributed by atoms with Crippen LogP contribution in [0.4, 0.5) is 4.79 Å². The minimum Gasteiger partial charge on any atom is -0.504 e. The van der Waals surface area contributed by atoms with Gasteiger partial charge in [0.1, 0.15) is 0 Å². The van der Waals surface area contributed by atoms with Gasteiger partial charge >= 0.3 is 6.03 Å². The second-order valence-corrected chi connectivity index (χ2v) is 9.05. The predicted molar refractivity (Wildman–Crippen MR) is 119 cm³/mol. The van der Waals surface area contributed by atoms with Crippen LogP contribution in [-0.4, -0.2) is 57.6 Å². The number of aromatic hydroxyl groups is 2. The molecule has 3 N–H and O–H groups in total. The highest BCUT2D eigenvalue weighted by molar-refractivity contribution is 5.83. The van der Waals surface area contributed by atoms with E-state index >= 15 is 0 Å². The van der Waals surface area contributed by atoms with E-state index in [2.05, 4.69) is 5.32 Å². The fraction of sp³-hybridized carbons (Fsp3) is 0.440. The first-order valence-corrected chi connectivity index (χ1v) is 11.5. The molecular weight excluding hydrogens is 406 g/mol. The third-order valence-electron chi connectivity index (χ3n) is 7.23. The number of piperidine rings is 2. The molecule has 2 aromatic carbocycles. The maximum atomic E-state index is 13.4. The molecule has 5 rings (SSSR count). The summed E-state index contributed by atoms with van der Waals surface area (Å²) < 4.78 is 0. The second kappa shape index (κ2) is 8.37. The number of fused-ring (bicyclic) bond motifs is 4. The maximum Gasteiger partial charge on any atom is 0.317 e. The van der Waals surface area contributed by atoms with Gasteiger partial charge < -0.3 is 25.3 Å². The van der Waals surface area contributed by atoms with Gasteiger partial charge in [0.25, 0.3) is 0 Å².